The number of rotatable bonds is 21. The average molecular weight is 491 g/mol. The van der Waals surface area contributed by atoms with Gasteiger partial charge in [-0.3, -0.25) is 0 Å². The highest BCUT2D eigenvalue weighted by atomic mass is 16.4. The van der Waals surface area contributed by atoms with Gasteiger partial charge >= 0.3 is 11.9 Å². The van der Waals surface area contributed by atoms with Crippen LogP contribution in [-0.4, -0.2) is 22.2 Å². The summed E-state index contributed by atoms with van der Waals surface area (Å²) in [6.07, 6.45) is 28.3. The molecule has 4 heteroatoms. The molecule has 0 heterocycles. The molecule has 35 heavy (non-hydrogen) atoms. The molecule has 0 aromatic heterocycles. The molecule has 0 aromatic carbocycles. The van der Waals surface area contributed by atoms with Gasteiger partial charge in [0.05, 0.1) is 0 Å². The van der Waals surface area contributed by atoms with Gasteiger partial charge in [-0.05, 0) is 50.2 Å². The van der Waals surface area contributed by atoms with Crippen molar-refractivity contribution >= 4 is 11.9 Å². The van der Waals surface area contributed by atoms with Crippen LogP contribution in [0, 0.1) is 5.92 Å². The van der Waals surface area contributed by atoms with Crippen LogP contribution >= 0.6 is 0 Å². The maximum absolute atomic E-state index is 11.9. The molecule has 1 aliphatic rings. The van der Waals surface area contributed by atoms with Gasteiger partial charge in [0.25, 0.3) is 0 Å². The van der Waals surface area contributed by atoms with E-state index in [4.69, 9.17) is 0 Å². The van der Waals surface area contributed by atoms with Gasteiger partial charge in [-0.2, -0.15) is 0 Å². The maximum atomic E-state index is 11.9. The summed E-state index contributed by atoms with van der Waals surface area (Å²) >= 11 is 0. The first-order valence-corrected chi connectivity index (χ1v) is 14.8. The smallest absolute Gasteiger partial charge is 0.331 e. The van der Waals surface area contributed by atoms with E-state index >= 15 is 0 Å². The summed E-state index contributed by atoms with van der Waals surface area (Å²) in [4.78, 5) is 23.5. The van der Waals surface area contributed by atoms with E-state index in [9.17, 15) is 19.8 Å². The summed E-state index contributed by atoms with van der Waals surface area (Å²) in [7, 11) is 0. The lowest BCUT2D eigenvalue weighted by molar-refractivity contribution is -0.133. The number of unbranched alkanes of at least 4 members (excludes halogenated alkanes) is 15. The number of hydrogen-bond acceptors (Lipinski definition) is 2. The normalized spacial score (nSPS) is 15.8. The molecule has 1 aliphatic carbocycles. The van der Waals surface area contributed by atoms with Crippen molar-refractivity contribution in [2.75, 3.05) is 0 Å². The fraction of sp³-hybridized carbons (Fsp3) is 0.806. The molecule has 0 saturated heterocycles. The minimum atomic E-state index is -0.936. The standard InChI is InChI=1S/C31H54O4/c1-3-4-5-6-7-8-9-10-11-12-13-14-15-16-17-19-24-28(31(34)35)25-29(26(2)30(32)33)27-22-20-18-21-23-27/h25,27H,3-24H2,1-2H3,(H,32,33)(H,34,35). The summed E-state index contributed by atoms with van der Waals surface area (Å²) in [5, 5.41) is 19.3. The van der Waals surface area contributed by atoms with E-state index in [1.807, 2.05) is 0 Å². The summed E-state index contributed by atoms with van der Waals surface area (Å²) in [5.74, 6) is -1.66. The van der Waals surface area contributed by atoms with E-state index in [2.05, 4.69) is 6.92 Å². The Morgan fingerprint density at radius 1 is 0.657 bits per heavy atom. The second kappa shape index (κ2) is 20.6. The van der Waals surface area contributed by atoms with Crippen molar-refractivity contribution in [3.8, 4) is 0 Å². The van der Waals surface area contributed by atoms with Gasteiger partial charge in [-0.15, -0.1) is 0 Å². The molecule has 4 nitrogen and oxygen atoms in total. The Balaban J connectivity index is 2.23. The molecule has 0 atom stereocenters. The summed E-state index contributed by atoms with van der Waals surface area (Å²) in [5.41, 5.74) is 1.42. The van der Waals surface area contributed by atoms with Gasteiger partial charge in [-0.1, -0.05) is 122 Å². The molecule has 0 aliphatic heterocycles. The van der Waals surface area contributed by atoms with Gasteiger partial charge in [0.2, 0.25) is 0 Å². The van der Waals surface area contributed by atoms with E-state index in [0.717, 1.165) is 50.5 Å². The zero-order valence-corrected chi connectivity index (χ0v) is 22.9. The number of hydrogen-bond donors (Lipinski definition) is 2. The van der Waals surface area contributed by atoms with Crippen molar-refractivity contribution in [1.29, 1.82) is 0 Å². The molecule has 0 spiro atoms. The SMILES string of the molecule is CCCCCCCCCCCCCCCCCCC(=CC(=C(C)C(=O)O)C1CCCCC1)C(=O)O. The van der Waals surface area contributed by atoms with Crippen molar-refractivity contribution in [3.05, 3.63) is 22.8 Å². The lowest BCUT2D eigenvalue weighted by Crippen LogP contribution is -2.14. The molecule has 1 fully saturated rings. The van der Waals surface area contributed by atoms with Crippen LogP contribution in [0.25, 0.3) is 0 Å². The third-order valence-electron chi connectivity index (χ3n) is 7.70. The van der Waals surface area contributed by atoms with Gasteiger partial charge in [0.15, 0.2) is 0 Å². The zero-order valence-electron chi connectivity index (χ0n) is 22.9. The summed E-state index contributed by atoms with van der Waals surface area (Å²) in [6, 6.07) is 0. The van der Waals surface area contributed by atoms with Crippen LogP contribution < -0.4 is 0 Å². The van der Waals surface area contributed by atoms with Crippen LogP contribution in [0.1, 0.15) is 155 Å². The number of carboxylic acids is 2. The number of aliphatic carboxylic acids is 2. The van der Waals surface area contributed by atoms with Crippen LogP contribution in [0.15, 0.2) is 22.8 Å². The van der Waals surface area contributed by atoms with Crippen LogP contribution in [0.2, 0.25) is 0 Å². The fourth-order valence-electron chi connectivity index (χ4n) is 5.36. The molecular formula is C31H54O4. The van der Waals surface area contributed by atoms with E-state index in [0.29, 0.717) is 17.6 Å². The Hall–Kier alpha value is -1.58. The maximum Gasteiger partial charge on any atom is 0.331 e. The van der Waals surface area contributed by atoms with Crippen LogP contribution in [-0.2, 0) is 9.59 Å². The topological polar surface area (TPSA) is 74.6 Å². The Morgan fingerprint density at radius 2 is 1.09 bits per heavy atom. The van der Waals surface area contributed by atoms with Gasteiger partial charge in [-0.25, -0.2) is 9.59 Å². The Bertz CT molecular complexity index is 640. The molecule has 1 saturated carbocycles. The predicted octanol–water partition coefficient (Wildman–Crippen LogP) is 9.63. The average Bonchev–Trinajstić information content (AvgIpc) is 2.85. The van der Waals surface area contributed by atoms with Gasteiger partial charge < -0.3 is 10.2 Å². The second-order valence-electron chi connectivity index (χ2n) is 10.7. The molecule has 202 valence electrons. The van der Waals surface area contributed by atoms with Crippen molar-refractivity contribution in [2.45, 2.75) is 155 Å². The fourth-order valence-corrected chi connectivity index (χ4v) is 5.36. The highest BCUT2D eigenvalue weighted by molar-refractivity contribution is 5.90. The van der Waals surface area contributed by atoms with Crippen LogP contribution in [0.5, 0.6) is 0 Å². The number of carbonyl (C=O) groups is 2. The van der Waals surface area contributed by atoms with E-state index < -0.39 is 11.9 Å². The van der Waals surface area contributed by atoms with E-state index in [1.54, 1.807) is 13.0 Å². The molecule has 0 radical (unpaired) electrons. The lowest BCUT2D eigenvalue weighted by Gasteiger charge is -2.24. The molecule has 0 aromatic rings. The highest BCUT2D eigenvalue weighted by Crippen LogP contribution is 2.33. The van der Waals surface area contributed by atoms with Crippen molar-refractivity contribution < 1.29 is 19.8 Å². The molecule has 0 unspecified atom stereocenters. The van der Waals surface area contributed by atoms with Crippen LogP contribution in [0.4, 0.5) is 0 Å². The number of allylic oxidation sites excluding steroid dienone is 2. The second-order valence-corrected chi connectivity index (χ2v) is 10.7. The predicted molar refractivity (Wildman–Crippen MR) is 147 cm³/mol. The Morgan fingerprint density at radius 3 is 1.49 bits per heavy atom. The van der Waals surface area contributed by atoms with E-state index in [1.165, 1.54) is 89.9 Å². The third-order valence-corrected chi connectivity index (χ3v) is 7.70. The van der Waals surface area contributed by atoms with Crippen LogP contribution in [0.3, 0.4) is 0 Å². The summed E-state index contributed by atoms with van der Waals surface area (Å²) < 4.78 is 0. The largest absolute Gasteiger partial charge is 0.478 e. The quantitative estimate of drug-likeness (QED) is 0.0953. The molecule has 0 amide bonds. The third kappa shape index (κ3) is 15.2. The van der Waals surface area contributed by atoms with Crippen molar-refractivity contribution in [3.63, 3.8) is 0 Å². The first-order chi connectivity index (χ1) is 17.0. The zero-order chi connectivity index (χ0) is 25.7. The summed E-state index contributed by atoms with van der Waals surface area (Å²) in [6.45, 7) is 3.89. The molecule has 1 rings (SSSR count). The monoisotopic (exact) mass is 490 g/mol. The van der Waals surface area contributed by atoms with Gasteiger partial charge in [0.1, 0.15) is 0 Å². The minimum Gasteiger partial charge on any atom is -0.478 e. The molecule has 2 N–H and O–H groups in total. The van der Waals surface area contributed by atoms with Crippen molar-refractivity contribution in [2.24, 2.45) is 5.92 Å². The van der Waals surface area contributed by atoms with Crippen molar-refractivity contribution in [1.82, 2.24) is 0 Å². The first kappa shape index (κ1) is 31.4. The Kier molecular flexibility index (Phi) is 18.5. The van der Waals surface area contributed by atoms with E-state index in [-0.39, 0.29) is 5.92 Å². The highest BCUT2D eigenvalue weighted by Gasteiger charge is 2.22. The first-order valence-electron chi connectivity index (χ1n) is 14.8. The Labute approximate surface area is 215 Å². The minimum absolute atomic E-state index is 0.181. The molecule has 0 bridgehead atoms. The lowest BCUT2D eigenvalue weighted by atomic mass is 9.81. The number of carboxylic acid groups (broad SMARTS) is 2. The molecular weight excluding hydrogens is 436 g/mol. The van der Waals surface area contributed by atoms with Gasteiger partial charge in [0, 0.05) is 11.1 Å².